The number of carbonyl (C=O) groups is 1. The van der Waals surface area contributed by atoms with Crippen LogP contribution in [-0.2, 0) is 13.0 Å². The summed E-state index contributed by atoms with van der Waals surface area (Å²) in [6.45, 7) is 0.244. The maximum atomic E-state index is 14.9. The first-order valence-corrected chi connectivity index (χ1v) is 11.9. The molecule has 0 fully saturated rings. The van der Waals surface area contributed by atoms with Crippen molar-refractivity contribution < 1.29 is 32.2 Å². The van der Waals surface area contributed by atoms with Gasteiger partial charge in [-0.05, 0) is 29.8 Å². The van der Waals surface area contributed by atoms with Gasteiger partial charge in [0.15, 0.2) is 11.5 Å². The minimum Gasteiger partial charge on any atom is -0.497 e. The van der Waals surface area contributed by atoms with Gasteiger partial charge in [-0.2, -0.15) is 4.52 Å². The number of hydrogen-bond donors (Lipinski definition) is 2. The van der Waals surface area contributed by atoms with Crippen LogP contribution in [0.4, 0.5) is 19.1 Å². The summed E-state index contributed by atoms with van der Waals surface area (Å²) in [4.78, 5) is 20.7. The highest BCUT2D eigenvalue weighted by Crippen LogP contribution is 2.31. The third kappa shape index (κ3) is 4.77. The van der Waals surface area contributed by atoms with Gasteiger partial charge in [-0.1, -0.05) is 6.07 Å². The highest BCUT2D eigenvalue weighted by atomic mass is 19.1. The molecule has 0 saturated carbocycles. The number of aromatic nitrogens is 4. The molecule has 0 spiro atoms. The number of anilines is 1. The van der Waals surface area contributed by atoms with E-state index in [1.165, 1.54) is 36.9 Å². The van der Waals surface area contributed by atoms with Gasteiger partial charge in [0.1, 0.15) is 45.8 Å². The van der Waals surface area contributed by atoms with Crippen LogP contribution in [0.5, 0.6) is 17.2 Å². The number of hydrogen-bond acceptors (Lipinski definition) is 8. The van der Waals surface area contributed by atoms with E-state index in [2.05, 4.69) is 20.4 Å². The predicted octanol–water partition coefficient (Wildman–Crippen LogP) is 4.02. The zero-order chi connectivity index (χ0) is 28.6. The van der Waals surface area contributed by atoms with Crippen molar-refractivity contribution in [3.05, 3.63) is 82.4 Å². The van der Waals surface area contributed by atoms with Gasteiger partial charge in [-0.15, -0.1) is 5.10 Å². The molecular formula is C27H23F3N6O4. The quantitative estimate of drug-likeness (QED) is 0.281. The largest absolute Gasteiger partial charge is 0.497 e. The second-order valence-corrected chi connectivity index (χ2v) is 8.67. The Balaban J connectivity index is 1.62. The molecule has 3 aromatic carbocycles. The summed E-state index contributed by atoms with van der Waals surface area (Å²) in [6, 6.07) is 9.88. The fraction of sp³-hybridized carbons (Fsp3) is 0.185. The topological polar surface area (TPSA) is 126 Å². The third-order valence-corrected chi connectivity index (χ3v) is 6.27. The third-order valence-electron chi connectivity index (χ3n) is 6.27. The van der Waals surface area contributed by atoms with Crippen LogP contribution in [0.1, 0.15) is 27.3 Å². The first-order valence-electron chi connectivity index (χ1n) is 11.9. The molecule has 13 heteroatoms. The molecule has 0 saturated heterocycles. The Hall–Kier alpha value is -5.07. The fourth-order valence-corrected chi connectivity index (χ4v) is 4.34. The van der Waals surface area contributed by atoms with Crippen LogP contribution in [0.25, 0.3) is 16.6 Å². The lowest BCUT2D eigenvalue weighted by atomic mass is 10.1. The molecule has 0 bridgehead atoms. The van der Waals surface area contributed by atoms with Crippen molar-refractivity contribution in [2.45, 2.75) is 13.0 Å². The number of fused-ring (bicyclic) bond motifs is 3. The number of benzene rings is 3. The van der Waals surface area contributed by atoms with Gasteiger partial charge >= 0.3 is 0 Å². The summed E-state index contributed by atoms with van der Waals surface area (Å²) in [6.07, 6.45) is -0.215. The maximum Gasteiger partial charge on any atom is 0.254 e. The Bertz CT molecular complexity index is 1780. The second kappa shape index (κ2) is 10.6. The number of nitrogens with zero attached hydrogens (tertiary/aromatic N) is 4. The van der Waals surface area contributed by atoms with Crippen LogP contribution in [0.2, 0.25) is 0 Å². The number of carbonyl (C=O) groups excluding carboxylic acids is 1. The van der Waals surface area contributed by atoms with E-state index < -0.39 is 28.9 Å². The van der Waals surface area contributed by atoms with E-state index in [1.54, 1.807) is 19.2 Å². The van der Waals surface area contributed by atoms with Gasteiger partial charge in [0.05, 0.1) is 26.7 Å². The molecular weight excluding hydrogens is 529 g/mol. The van der Waals surface area contributed by atoms with E-state index in [9.17, 15) is 18.0 Å². The van der Waals surface area contributed by atoms with Crippen molar-refractivity contribution in [3.63, 3.8) is 0 Å². The van der Waals surface area contributed by atoms with Crippen molar-refractivity contribution in [1.82, 2.24) is 19.6 Å². The Morgan fingerprint density at radius 2 is 1.70 bits per heavy atom. The Morgan fingerprint density at radius 3 is 2.40 bits per heavy atom. The number of halogens is 3. The number of nitrogens with one attached hydrogen (secondary N) is 1. The summed E-state index contributed by atoms with van der Waals surface area (Å²) in [5.41, 5.74) is 5.54. The van der Waals surface area contributed by atoms with E-state index in [0.717, 1.165) is 11.6 Å². The molecule has 0 aliphatic heterocycles. The van der Waals surface area contributed by atoms with Gasteiger partial charge in [0, 0.05) is 30.7 Å². The van der Waals surface area contributed by atoms with Gasteiger partial charge < -0.3 is 25.3 Å². The van der Waals surface area contributed by atoms with E-state index in [0.29, 0.717) is 22.4 Å². The van der Waals surface area contributed by atoms with Crippen LogP contribution in [-0.4, -0.2) is 46.8 Å². The summed E-state index contributed by atoms with van der Waals surface area (Å²) >= 11 is 0. The van der Waals surface area contributed by atoms with E-state index >= 15 is 0 Å². The number of nitrogens with two attached hydrogens (primary N) is 1. The molecule has 0 atom stereocenters. The first-order chi connectivity index (χ1) is 19.2. The lowest BCUT2D eigenvalue weighted by Crippen LogP contribution is -2.17. The molecule has 10 nitrogen and oxygen atoms in total. The molecule has 206 valence electrons. The Morgan fingerprint density at radius 1 is 0.950 bits per heavy atom. The van der Waals surface area contributed by atoms with Gasteiger partial charge in [-0.3, -0.25) is 4.79 Å². The van der Waals surface area contributed by atoms with Crippen LogP contribution >= 0.6 is 0 Å². The molecule has 5 aromatic rings. The molecule has 1 amide bonds. The molecule has 40 heavy (non-hydrogen) atoms. The molecule has 0 aliphatic rings. The fourth-order valence-electron chi connectivity index (χ4n) is 4.34. The molecule has 2 aromatic heterocycles. The normalized spacial score (nSPS) is 11.2. The Kier molecular flexibility index (Phi) is 7.03. The van der Waals surface area contributed by atoms with Crippen molar-refractivity contribution in [2.75, 3.05) is 26.6 Å². The zero-order valence-corrected chi connectivity index (χ0v) is 21.6. The summed E-state index contributed by atoms with van der Waals surface area (Å²) in [7, 11) is 4.47. The lowest BCUT2D eigenvalue weighted by molar-refractivity contribution is 0.0992. The average molecular weight is 553 g/mol. The van der Waals surface area contributed by atoms with Crippen LogP contribution in [0, 0.1) is 17.5 Å². The summed E-state index contributed by atoms with van der Waals surface area (Å²) in [5, 5.41) is 7.93. The van der Waals surface area contributed by atoms with Gasteiger partial charge in [0.2, 0.25) is 5.95 Å². The smallest absolute Gasteiger partial charge is 0.254 e. The molecule has 0 radical (unpaired) electrons. The SMILES string of the molecule is COc1ccc(CNc2nc3c(OC)cc(F)cc3c3nc(Cc4ccc(F)c(C(N)=O)c4F)nn23)c(OC)c1. The van der Waals surface area contributed by atoms with Crippen LogP contribution < -0.4 is 25.3 Å². The minimum atomic E-state index is -1.24. The summed E-state index contributed by atoms with van der Waals surface area (Å²) < 4.78 is 60.8. The number of amides is 1. The maximum absolute atomic E-state index is 14.9. The minimum absolute atomic E-state index is 0.0513. The Labute approximate surface area is 225 Å². The highest BCUT2D eigenvalue weighted by molar-refractivity contribution is 5.96. The average Bonchev–Trinajstić information content (AvgIpc) is 3.37. The highest BCUT2D eigenvalue weighted by Gasteiger charge is 2.22. The molecule has 5 rings (SSSR count). The van der Waals surface area contributed by atoms with Crippen LogP contribution in [0.15, 0.2) is 42.5 Å². The number of rotatable bonds is 9. The standard InChI is InChI=1S/C27H23F3N6O4/c1-38-16-6-4-14(19(11-16)39-2)12-32-27-34-24-17(9-15(28)10-20(24)40-3)26-33-21(35-36(26)27)8-13-5-7-18(29)22(23(13)30)25(31)37/h4-7,9-11H,8,12H2,1-3H3,(H2,31,37)(H,32,34). The van der Waals surface area contributed by atoms with Gasteiger partial charge in [-0.25, -0.2) is 23.1 Å². The number of ether oxygens (including phenoxy) is 3. The van der Waals surface area contributed by atoms with Crippen LogP contribution in [0.3, 0.4) is 0 Å². The lowest BCUT2D eigenvalue weighted by Gasteiger charge is -2.13. The van der Waals surface area contributed by atoms with Gasteiger partial charge in [0.25, 0.3) is 5.91 Å². The molecule has 3 N–H and O–H groups in total. The van der Waals surface area contributed by atoms with E-state index in [4.69, 9.17) is 19.9 Å². The van der Waals surface area contributed by atoms with Crippen molar-refractivity contribution >= 4 is 28.4 Å². The molecule has 2 heterocycles. The van der Waals surface area contributed by atoms with E-state index in [1.807, 2.05) is 6.07 Å². The number of methoxy groups -OCH3 is 3. The van der Waals surface area contributed by atoms with Crippen molar-refractivity contribution in [1.29, 1.82) is 0 Å². The van der Waals surface area contributed by atoms with E-state index in [-0.39, 0.29) is 41.7 Å². The molecule has 0 aliphatic carbocycles. The summed E-state index contributed by atoms with van der Waals surface area (Å²) in [5.74, 6) is -2.32. The van der Waals surface area contributed by atoms with Crippen molar-refractivity contribution in [2.24, 2.45) is 5.73 Å². The number of primary amides is 1. The monoisotopic (exact) mass is 552 g/mol. The second-order valence-electron chi connectivity index (χ2n) is 8.67. The predicted molar refractivity (Wildman–Crippen MR) is 139 cm³/mol. The molecule has 0 unspecified atom stereocenters. The first kappa shape index (κ1) is 26.5. The zero-order valence-electron chi connectivity index (χ0n) is 21.6. The van der Waals surface area contributed by atoms with Crippen molar-refractivity contribution in [3.8, 4) is 17.2 Å².